The van der Waals surface area contributed by atoms with Crippen LogP contribution in [-0.4, -0.2) is 30.3 Å². The van der Waals surface area contributed by atoms with Crippen molar-refractivity contribution in [3.05, 3.63) is 77.1 Å². The molecule has 0 aliphatic heterocycles. The van der Waals surface area contributed by atoms with Crippen molar-refractivity contribution in [2.75, 3.05) is 19.5 Å². The fraction of sp³-hybridized carbons (Fsp3) is 0.160. The molecule has 0 fully saturated rings. The molecule has 0 aliphatic carbocycles. The molecular weight excluding hydrogens is 458 g/mol. The molecule has 0 saturated carbocycles. The highest BCUT2D eigenvalue weighted by Crippen LogP contribution is 2.36. The molecule has 0 unspecified atom stereocenters. The molecule has 1 amide bonds. The first-order valence-corrected chi connectivity index (χ1v) is 10.7. The Balaban J connectivity index is 1.46. The van der Waals surface area contributed by atoms with E-state index in [1.54, 1.807) is 44.6 Å². The van der Waals surface area contributed by atoms with Crippen LogP contribution in [-0.2, 0) is 11.3 Å². The van der Waals surface area contributed by atoms with Crippen LogP contribution in [0.3, 0.4) is 0 Å². The Morgan fingerprint density at radius 2 is 1.71 bits per heavy atom. The highest BCUT2D eigenvalue weighted by atomic mass is 35.5. The summed E-state index contributed by atoms with van der Waals surface area (Å²) in [5.74, 6) is 1.82. The summed E-state index contributed by atoms with van der Waals surface area (Å²) in [6, 6.07) is 16.1. The molecule has 1 N–H and O–H groups in total. The molecule has 0 aliphatic rings. The number of aromatic nitrogens is 2. The molecule has 1 heterocycles. The minimum atomic E-state index is -0.612. The fourth-order valence-corrected chi connectivity index (χ4v) is 3.41. The number of ether oxygens (including phenoxy) is 4. The third-order valence-electron chi connectivity index (χ3n) is 4.99. The van der Waals surface area contributed by atoms with Crippen molar-refractivity contribution in [2.45, 2.75) is 13.5 Å². The normalized spacial score (nSPS) is 10.6. The Morgan fingerprint density at radius 1 is 0.971 bits per heavy atom. The number of hydrogen-bond acceptors (Lipinski definition) is 7. The summed E-state index contributed by atoms with van der Waals surface area (Å²) in [4.78, 5) is 20.7. The summed E-state index contributed by atoms with van der Waals surface area (Å²) >= 11 is 6.36. The first kappa shape index (κ1) is 23.1. The van der Waals surface area contributed by atoms with Crippen LogP contribution in [0.15, 0.2) is 60.9 Å². The largest absolute Gasteiger partial charge is 0.493 e. The lowest BCUT2D eigenvalue weighted by molar-refractivity contribution is 0.155. The first-order chi connectivity index (χ1) is 16.5. The molecule has 4 aromatic rings. The fourth-order valence-electron chi connectivity index (χ4n) is 3.19. The topological polar surface area (TPSA) is 91.8 Å². The van der Waals surface area contributed by atoms with E-state index in [-0.39, 0.29) is 11.6 Å². The minimum absolute atomic E-state index is 0.153. The summed E-state index contributed by atoms with van der Waals surface area (Å²) in [6.07, 6.45) is 0.782. The number of aryl methyl sites for hydroxylation is 1. The number of halogens is 1. The first-order valence-electron chi connectivity index (χ1n) is 10.3. The predicted molar refractivity (Wildman–Crippen MR) is 129 cm³/mol. The minimum Gasteiger partial charge on any atom is -0.493 e. The van der Waals surface area contributed by atoms with Crippen molar-refractivity contribution < 1.29 is 23.7 Å². The second kappa shape index (κ2) is 10.3. The van der Waals surface area contributed by atoms with Crippen LogP contribution < -0.4 is 19.5 Å². The van der Waals surface area contributed by atoms with Gasteiger partial charge in [-0.3, -0.25) is 5.32 Å². The Labute approximate surface area is 201 Å². The zero-order valence-electron chi connectivity index (χ0n) is 18.8. The lowest BCUT2D eigenvalue weighted by Gasteiger charge is -2.12. The Morgan fingerprint density at radius 3 is 2.41 bits per heavy atom. The van der Waals surface area contributed by atoms with E-state index in [4.69, 9.17) is 30.5 Å². The SMILES string of the molecule is COc1cc2ncnc(Oc3ccc(NC(=O)OCc4ccc(C)cc4)c(Cl)c3)c2cc1OC. The highest BCUT2D eigenvalue weighted by molar-refractivity contribution is 6.33. The van der Waals surface area contributed by atoms with Crippen molar-refractivity contribution in [1.29, 1.82) is 0 Å². The second-order valence-corrected chi connectivity index (χ2v) is 7.74. The zero-order valence-corrected chi connectivity index (χ0v) is 19.6. The third kappa shape index (κ3) is 5.29. The number of nitrogens with one attached hydrogen (secondary N) is 1. The Kier molecular flexibility index (Phi) is 6.98. The number of methoxy groups -OCH3 is 2. The second-order valence-electron chi connectivity index (χ2n) is 7.33. The van der Waals surface area contributed by atoms with Crippen LogP contribution in [0.5, 0.6) is 23.1 Å². The number of nitrogens with zero attached hydrogens (tertiary/aromatic N) is 2. The molecule has 0 saturated heterocycles. The van der Waals surface area contributed by atoms with Crippen LogP contribution in [0.1, 0.15) is 11.1 Å². The molecule has 9 heteroatoms. The molecule has 8 nitrogen and oxygen atoms in total. The average Bonchev–Trinajstić information content (AvgIpc) is 2.84. The number of anilines is 1. The van der Waals surface area contributed by atoms with Crippen LogP contribution in [0, 0.1) is 6.92 Å². The summed E-state index contributed by atoms with van der Waals surface area (Å²) < 4.78 is 21.9. The third-order valence-corrected chi connectivity index (χ3v) is 5.30. The molecular formula is C25H22ClN3O5. The standard InChI is InChI=1S/C25H22ClN3O5/c1-15-4-6-16(7-5-15)13-33-25(30)29-20-9-8-17(10-19(20)26)34-24-18-11-22(31-2)23(32-3)12-21(18)27-14-28-24/h4-12,14H,13H2,1-3H3,(H,29,30). The lowest BCUT2D eigenvalue weighted by atomic mass is 10.2. The smallest absolute Gasteiger partial charge is 0.412 e. The van der Waals surface area contributed by atoms with Crippen molar-refractivity contribution in [1.82, 2.24) is 9.97 Å². The van der Waals surface area contributed by atoms with Crippen molar-refractivity contribution in [3.63, 3.8) is 0 Å². The highest BCUT2D eigenvalue weighted by Gasteiger charge is 2.14. The number of amides is 1. The number of hydrogen-bond donors (Lipinski definition) is 1. The van der Waals surface area contributed by atoms with Gasteiger partial charge in [0.2, 0.25) is 5.88 Å². The summed E-state index contributed by atoms with van der Waals surface area (Å²) in [5, 5.41) is 3.55. The number of carbonyl (C=O) groups excluding carboxylic acids is 1. The van der Waals surface area contributed by atoms with Gasteiger partial charge in [-0.15, -0.1) is 0 Å². The van der Waals surface area contributed by atoms with Gasteiger partial charge in [0.1, 0.15) is 18.7 Å². The maximum absolute atomic E-state index is 12.2. The quantitative estimate of drug-likeness (QED) is 0.340. The maximum Gasteiger partial charge on any atom is 0.412 e. The van der Waals surface area contributed by atoms with Gasteiger partial charge in [-0.05, 0) is 30.7 Å². The van der Waals surface area contributed by atoms with Gasteiger partial charge < -0.3 is 18.9 Å². The van der Waals surface area contributed by atoms with Gasteiger partial charge in [-0.25, -0.2) is 14.8 Å². The van der Waals surface area contributed by atoms with Crippen LogP contribution in [0.2, 0.25) is 5.02 Å². The average molecular weight is 480 g/mol. The van der Waals surface area contributed by atoms with Crippen molar-refractivity contribution in [2.24, 2.45) is 0 Å². The Hall–Kier alpha value is -4.04. The summed E-state index contributed by atoms with van der Waals surface area (Å²) in [6.45, 7) is 2.15. The van der Waals surface area contributed by atoms with Gasteiger partial charge in [-0.2, -0.15) is 0 Å². The monoisotopic (exact) mass is 479 g/mol. The lowest BCUT2D eigenvalue weighted by Crippen LogP contribution is -2.13. The molecule has 4 rings (SSSR count). The van der Waals surface area contributed by atoms with E-state index >= 15 is 0 Å². The van der Waals surface area contributed by atoms with Gasteiger partial charge in [0.25, 0.3) is 0 Å². The number of rotatable bonds is 7. The molecule has 0 spiro atoms. The van der Waals surface area contributed by atoms with E-state index < -0.39 is 6.09 Å². The van der Waals surface area contributed by atoms with Gasteiger partial charge in [0.05, 0.1) is 35.8 Å². The number of benzene rings is 3. The van der Waals surface area contributed by atoms with E-state index in [1.165, 1.54) is 6.33 Å². The van der Waals surface area contributed by atoms with E-state index in [2.05, 4.69) is 15.3 Å². The van der Waals surface area contributed by atoms with E-state index in [1.807, 2.05) is 31.2 Å². The van der Waals surface area contributed by atoms with Gasteiger partial charge in [0, 0.05) is 12.1 Å². The summed E-state index contributed by atoms with van der Waals surface area (Å²) in [7, 11) is 3.10. The van der Waals surface area contributed by atoms with Gasteiger partial charge >= 0.3 is 6.09 Å². The van der Waals surface area contributed by atoms with Crippen LogP contribution >= 0.6 is 11.6 Å². The zero-order chi connectivity index (χ0) is 24.1. The van der Waals surface area contributed by atoms with Crippen molar-refractivity contribution in [3.8, 4) is 23.1 Å². The van der Waals surface area contributed by atoms with Crippen LogP contribution in [0.25, 0.3) is 10.9 Å². The molecule has 34 heavy (non-hydrogen) atoms. The molecule has 0 bridgehead atoms. The molecule has 174 valence electrons. The summed E-state index contributed by atoms with van der Waals surface area (Å²) in [5.41, 5.74) is 3.04. The van der Waals surface area contributed by atoms with E-state index in [9.17, 15) is 4.79 Å². The number of carbonyl (C=O) groups is 1. The van der Waals surface area contributed by atoms with Crippen molar-refractivity contribution >= 4 is 34.3 Å². The molecule has 1 aromatic heterocycles. The molecule has 0 radical (unpaired) electrons. The maximum atomic E-state index is 12.2. The predicted octanol–water partition coefficient (Wildman–Crippen LogP) is 6.15. The molecule has 0 atom stereocenters. The van der Waals surface area contributed by atoms with Gasteiger partial charge in [-0.1, -0.05) is 41.4 Å². The number of fused-ring (bicyclic) bond motifs is 1. The van der Waals surface area contributed by atoms with E-state index in [0.717, 1.165) is 11.1 Å². The Bertz CT molecular complexity index is 1330. The molecule has 3 aromatic carbocycles. The van der Waals surface area contributed by atoms with Gasteiger partial charge in [0.15, 0.2) is 11.5 Å². The van der Waals surface area contributed by atoms with E-state index in [0.29, 0.717) is 39.7 Å². The van der Waals surface area contributed by atoms with Crippen LogP contribution in [0.4, 0.5) is 10.5 Å².